The van der Waals surface area contributed by atoms with E-state index in [2.05, 4.69) is 6.58 Å². The van der Waals surface area contributed by atoms with E-state index >= 15 is 0 Å². The van der Waals surface area contributed by atoms with Gasteiger partial charge in [0.05, 0.1) is 0 Å². The Balaban J connectivity index is 3.86. The van der Waals surface area contributed by atoms with Crippen molar-refractivity contribution in [2.75, 3.05) is 0 Å². The third-order valence-electron chi connectivity index (χ3n) is 1.22. The molecule has 1 unspecified atom stereocenters. The molecule has 0 saturated carbocycles. The zero-order valence-corrected chi connectivity index (χ0v) is 5.37. The molecule has 0 heterocycles. The van der Waals surface area contributed by atoms with E-state index in [-0.39, 0.29) is 5.92 Å². The van der Waals surface area contributed by atoms with E-state index in [1.54, 1.807) is 6.92 Å². The topological polar surface area (TPSA) is 63.3 Å². The van der Waals surface area contributed by atoms with Crippen LogP contribution in [0.4, 0.5) is 0 Å². The van der Waals surface area contributed by atoms with Gasteiger partial charge in [0, 0.05) is 0 Å². The molecule has 0 saturated heterocycles. The number of hydrogen-bond donors (Lipinski definition) is 2. The van der Waals surface area contributed by atoms with Crippen LogP contribution in [0.3, 0.4) is 0 Å². The van der Waals surface area contributed by atoms with Gasteiger partial charge in [0.2, 0.25) is 0 Å². The first-order valence-corrected chi connectivity index (χ1v) is 2.70. The molecule has 0 rings (SSSR count). The second-order valence-electron chi connectivity index (χ2n) is 1.96. The fraction of sp³-hybridized carbons (Fsp3) is 0.500. The maximum absolute atomic E-state index is 10.1. The summed E-state index contributed by atoms with van der Waals surface area (Å²) in [6.45, 7) is 5.13. The SMILES string of the molecule is C=CC(C)[C@@H](N)C(=O)O. The van der Waals surface area contributed by atoms with Crippen LogP contribution in [0.5, 0.6) is 0 Å². The first kappa shape index (κ1) is 8.17. The number of carboxylic acid groups (broad SMARTS) is 1. The Morgan fingerprint density at radius 3 is 2.44 bits per heavy atom. The van der Waals surface area contributed by atoms with Crippen molar-refractivity contribution in [3.8, 4) is 0 Å². The zero-order chi connectivity index (χ0) is 7.44. The standard InChI is InChI=1S/C6H11NO2/c1-3-4(2)5(7)6(8)9/h3-5H,1,7H2,2H3,(H,8,9)/t4?,5-/m1/s1. The molecule has 0 spiro atoms. The Hall–Kier alpha value is -0.830. The summed E-state index contributed by atoms with van der Waals surface area (Å²) in [6.07, 6.45) is 1.53. The van der Waals surface area contributed by atoms with Gasteiger partial charge in [0.15, 0.2) is 0 Å². The van der Waals surface area contributed by atoms with Crippen LogP contribution in [0.25, 0.3) is 0 Å². The van der Waals surface area contributed by atoms with Gasteiger partial charge in [0.1, 0.15) is 6.04 Å². The fourth-order valence-electron chi connectivity index (χ4n) is 0.372. The summed E-state index contributed by atoms with van der Waals surface area (Å²) in [5, 5.41) is 8.31. The molecule has 0 aromatic carbocycles. The normalized spacial score (nSPS) is 16.2. The highest BCUT2D eigenvalue weighted by molar-refractivity contribution is 5.73. The zero-order valence-electron chi connectivity index (χ0n) is 5.37. The third kappa shape index (κ3) is 2.28. The molecule has 0 radical (unpaired) electrons. The molecule has 0 aliphatic rings. The first-order valence-electron chi connectivity index (χ1n) is 2.70. The van der Waals surface area contributed by atoms with Gasteiger partial charge in [0.25, 0.3) is 0 Å². The molecule has 0 fully saturated rings. The molecule has 0 aromatic heterocycles. The molecule has 0 bridgehead atoms. The van der Waals surface area contributed by atoms with Crippen LogP contribution in [-0.4, -0.2) is 17.1 Å². The van der Waals surface area contributed by atoms with E-state index in [1.165, 1.54) is 6.08 Å². The Bertz CT molecular complexity index is 122. The van der Waals surface area contributed by atoms with Crippen LogP contribution < -0.4 is 5.73 Å². The molecule has 3 N–H and O–H groups in total. The average molecular weight is 129 g/mol. The van der Waals surface area contributed by atoms with E-state index in [4.69, 9.17) is 10.8 Å². The smallest absolute Gasteiger partial charge is 0.321 e. The van der Waals surface area contributed by atoms with Crippen molar-refractivity contribution < 1.29 is 9.90 Å². The van der Waals surface area contributed by atoms with Crippen LogP contribution in [0.2, 0.25) is 0 Å². The minimum absolute atomic E-state index is 0.164. The quantitative estimate of drug-likeness (QED) is 0.536. The lowest BCUT2D eigenvalue weighted by Gasteiger charge is -2.09. The van der Waals surface area contributed by atoms with E-state index < -0.39 is 12.0 Å². The number of aliphatic carboxylic acids is 1. The van der Waals surface area contributed by atoms with Gasteiger partial charge in [-0.1, -0.05) is 13.0 Å². The number of carboxylic acids is 1. The summed E-state index contributed by atoms with van der Waals surface area (Å²) in [4.78, 5) is 10.1. The van der Waals surface area contributed by atoms with Crippen LogP contribution in [0.15, 0.2) is 12.7 Å². The van der Waals surface area contributed by atoms with Gasteiger partial charge in [-0.2, -0.15) is 0 Å². The van der Waals surface area contributed by atoms with Gasteiger partial charge >= 0.3 is 5.97 Å². The summed E-state index contributed by atoms with van der Waals surface area (Å²) >= 11 is 0. The lowest BCUT2D eigenvalue weighted by molar-refractivity contribution is -0.139. The van der Waals surface area contributed by atoms with Crippen LogP contribution in [0, 0.1) is 5.92 Å². The number of rotatable bonds is 3. The molecule has 0 aromatic rings. The minimum Gasteiger partial charge on any atom is -0.480 e. The van der Waals surface area contributed by atoms with E-state index in [0.717, 1.165) is 0 Å². The predicted molar refractivity (Wildman–Crippen MR) is 35.0 cm³/mol. The second-order valence-corrected chi connectivity index (χ2v) is 1.96. The van der Waals surface area contributed by atoms with Crippen molar-refractivity contribution >= 4 is 5.97 Å². The lowest BCUT2D eigenvalue weighted by atomic mass is 10.0. The van der Waals surface area contributed by atoms with Gasteiger partial charge in [-0.15, -0.1) is 6.58 Å². The van der Waals surface area contributed by atoms with Crippen molar-refractivity contribution in [3.63, 3.8) is 0 Å². The first-order chi connectivity index (χ1) is 4.09. The van der Waals surface area contributed by atoms with E-state index in [1.807, 2.05) is 0 Å². The number of carbonyl (C=O) groups is 1. The molecule has 0 amide bonds. The average Bonchev–Trinajstić information content (AvgIpc) is 1.84. The summed E-state index contributed by atoms with van der Waals surface area (Å²) < 4.78 is 0. The predicted octanol–water partition coefficient (Wildman–Crippen LogP) is 0.220. The monoisotopic (exact) mass is 129 g/mol. The van der Waals surface area contributed by atoms with Crippen molar-refractivity contribution in [1.29, 1.82) is 0 Å². The summed E-state index contributed by atoms with van der Waals surface area (Å²) in [6, 6.07) is -0.817. The molecule has 2 atom stereocenters. The van der Waals surface area contributed by atoms with Gasteiger partial charge in [-0.3, -0.25) is 4.79 Å². The summed E-state index contributed by atoms with van der Waals surface area (Å²) in [5.74, 6) is -1.15. The number of hydrogen-bond acceptors (Lipinski definition) is 2. The Labute approximate surface area is 54.2 Å². The highest BCUT2D eigenvalue weighted by Crippen LogP contribution is 1.99. The highest BCUT2D eigenvalue weighted by atomic mass is 16.4. The molecule has 9 heavy (non-hydrogen) atoms. The molecule has 0 aliphatic carbocycles. The highest BCUT2D eigenvalue weighted by Gasteiger charge is 2.15. The van der Waals surface area contributed by atoms with E-state index in [0.29, 0.717) is 0 Å². The van der Waals surface area contributed by atoms with Crippen LogP contribution >= 0.6 is 0 Å². The minimum atomic E-state index is -0.984. The molecule has 0 aliphatic heterocycles. The largest absolute Gasteiger partial charge is 0.480 e. The fourth-order valence-corrected chi connectivity index (χ4v) is 0.372. The lowest BCUT2D eigenvalue weighted by Crippen LogP contribution is -2.35. The van der Waals surface area contributed by atoms with Gasteiger partial charge < -0.3 is 10.8 Å². The molecular formula is C6H11NO2. The van der Waals surface area contributed by atoms with Crippen LogP contribution in [-0.2, 0) is 4.79 Å². The molecule has 3 heteroatoms. The van der Waals surface area contributed by atoms with Gasteiger partial charge in [-0.05, 0) is 5.92 Å². The third-order valence-corrected chi connectivity index (χ3v) is 1.22. The van der Waals surface area contributed by atoms with Crippen molar-refractivity contribution in [2.45, 2.75) is 13.0 Å². The maximum atomic E-state index is 10.1. The Morgan fingerprint density at radius 1 is 1.89 bits per heavy atom. The Kier molecular flexibility index (Phi) is 2.95. The summed E-state index contributed by atoms with van der Waals surface area (Å²) in [5.41, 5.74) is 5.20. The Morgan fingerprint density at radius 2 is 2.33 bits per heavy atom. The number of nitrogens with two attached hydrogens (primary N) is 1. The second kappa shape index (κ2) is 3.25. The van der Waals surface area contributed by atoms with Gasteiger partial charge in [-0.25, -0.2) is 0 Å². The maximum Gasteiger partial charge on any atom is 0.321 e. The van der Waals surface area contributed by atoms with Crippen molar-refractivity contribution in [1.82, 2.24) is 0 Å². The molecule has 52 valence electrons. The molecular weight excluding hydrogens is 118 g/mol. The van der Waals surface area contributed by atoms with E-state index in [9.17, 15) is 4.79 Å². The van der Waals surface area contributed by atoms with Crippen LogP contribution in [0.1, 0.15) is 6.92 Å². The van der Waals surface area contributed by atoms with Crippen molar-refractivity contribution in [3.05, 3.63) is 12.7 Å². The summed E-state index contributed by atoms with van der Waals surface area (Å²) in [7, 11) is 0. The van der Waals surface area contributed by atoms with Crippen molar-refractivity contribution in [2.24, 2.45) is 11.7 Å². The molecule has 3 nitrogen and oxygen atoms in total.